The molecule has 0 spiro atoms. The summed E-state index contributed by atoms with van der Waals surface area (Å²) in [5.41, 5.74) is -0.182. The van der Waals surface area contributed by atoms with E-state index < -0.39 is 5.60 Å². The summed E-state index contributed by atoms with van der Waals surface area (Å²) in [4.78, 5) is 25.2. The quantitative estimate of drug-likeness (QED) is 0.835. The van der Waals surface area contributed by atoms with Crippen molar-refractivity contribution in [3.63, 3.8) is 0 Å². The Morgan fingerprint density at radius 2 is 1.95 bits per heavy atom. The minimum absolute atomic E-state index is 0.0101. The molecule has 20 heavy (non-hydrogen) atoms. The summed E-state index contributed by atoms with van der Waals surface area (Å²) in [5, 5.41) is 12.6. The first-order chi connectivity index (χ1) is 9.50. The first-order valence-corrected chi connectivity index (χ1v) is 6.80. The average molecular weight is 276 g/mol. The smallest absolute Gasteiger partial charge is 0.254 e. The Kier molecular flexibility index (Phi) is 4.39. The highest BCUT2D eigenvalue weighted by molar-refractivity contribution is 5.96. The summed E-state index contributed by atoms with van der Waals surface area (Å²) in [6.45, 7) is 0.253. The lowest BCUT2D eigenvalue weighted by atomic mass is 9.80. The summed E-state index contributed by atoms with van der Waals surface area (Å²) in [7, 11) is 1.59. The van der Waals surface area contributed by atoms with Crippen LogP contribution in [0.25, 0.3) is 0 Å². The molecule has 1 aliphatic carbocycles. The normalized spacial score (nSPS) is 16.1. The van der Waals surface area contributed by atoms with Gasteiger partial charge in [-0.2, -0.15) is 0 Å². The number of hydrogen-bond donors (Lipinski definition) is 2. The molecule has 1 aliphatic rings. The van der Waals surface area contributed by atoms with Crippen LogP contribution in [0.5, 0.6) is 0 Å². The van der Waals surface area contributed by atoms with Gasteiger partial charge in [-0.3, -0.25) is 9.59 Å². The molecule has 1 fully saturated rings. The molecule has 2 rings (SSSR count). The standard InChI is InChI=1S/C15H20N2O3/c1-17(14(19)12-6-3-2-4-7-12)10-13(18)16-11-15(20)8-5-9-15/h2-4,6-7,20H,5,8-11H2,1H3,(H,16,18). The molecule has 1 saturated carbocycles. The molecule has 0 saturated heterocycles. The van der Waals surface area contributed by atoms with E-state index in [1.807, 2.05) is 6.07 Å². The van der Waals surface area contributed by atoms with Crippen molar-refractivity contribution in [1.82, 2.24) is 10.2 Å². The Labute approximate surface area is 118 Å². The molecule has 108 valence electrons. The molecule has 0 bridgehead atoms. The molecular weight excluding hydrogens is 256 g/mol. The maximum absolute atomic E-state index is 12.0. The third-order valence-corrected chi connectivity index (χ3v) is 3.65. The number of amides is 2. The minimum atomic E-state index is -0.738. The molecule has 1 aromatic carbocycles. The summed E-state index contributed by atoms with van der Waals surface area (Å²) < 4.78 is 0. The monoisotopic (exact) mass is 276 g/mol. The Hall–Kier alpha value is -1.88. The SMILES string of the molecule is CN(CC(=O)NCC1(O)CCC1)C(=O)c1ccccc1. The van der Waals surface area contributed by atoms with Crippen molar-refractivity contribution in [2.75, 3.05) is 20.1 Å². The number of nitrogens with zero attached hydrogens (tertiary/aromatic N) is 1. The maximum atomic E-state index is 12.0. The second kappa shape index (κ2) is 6.05. The average Bonchev–Trinajstić information content (AvgIpc) is 2.43. The van der Waals surface area contributed by atoms with Gasteiger partial charge in [0.25, 0.3) is 5.91 Å². The van der Waals surface area contributed by atoms with E-state index in [0.29, 0.717) is 5.56 Å². The highest BCUT2D eigenvalue weighted by atomic mass is 16.3. The first-order valence-electron chi connectivity index (χ1n) is 6.80. The number of rotatable bonds is 5. The van der Waals surface area contributed by atoms with E-state index in [1.165, 1.54) is 4.90 Å². The van der Waals surface area contributed by atoms with Crippen LogP contribution < -0.4 is 5.32 Å². The molecule has 0 atom stereocenters. The zero-order valence-corrected chi connectivity index (χ0v) is 11.6. The molecule has 2 amide bonds. The summed E-state index contributed by atoms with van der Waals surface area (Å²) in [6, 6.07) is 8.84. The Balaban J connectivity index is 1.80. The van der Waals surface area contributed by atoms with Crippen LogP contribution in [-0.4, -0.2) is 47.6 Å². The van der Waals surface area contributed by atoms with Gasteiger partial charge in [0.15, 0.2) is 0 Å². The van der Waals surface area contributed by atoms with Crippen LogP contribution in [0, 0.1) is 0 Å². The molecule has 0 aromatic heterocycles. The van der Waals surface area contributed by atoms with Crippen LogP contribution in [0.1, 0.15) is 29.6 Å². The van der Waals surface area contributed by atoms with Crippen molar-refractivity contribution in [3.8, 4) is 0 Å². The molecule has 5 heteroatoms. The van der Waals surface area contributed by atoms with E-state index in [-0.39, 0.29) is 24.9 Å². The lowest BCUT2D eigenvalue weighted by molar-refractivity contribution is -0.124. The lowest BCUT2D eigenvalue weighted by Gasteiger charge is -2.36. The molecule has 0 unspecified atom stereocenters. The van der Waals surface area contributed by atoms with Gasteiger partial charge in [-0.25, -0.2) is 0 Å². The highest BCUT2D eigenvalue weighted by Crippen LogP contribution is 2.30. The number of benzene rings is 1. The van der Waals surface area contributed by atoms with Gasteiger partial charge in [0.1, 0.15) is 0 Å². The van der Waals surface area contributed by atoms with Crippen molar-refractivity contribution in [3.05, 3.63) is 35.9 Å². The summed E-state index contributed by atoms with van der Waals surface area (Å²) >= 11 is 0. The van der Waals surface area contributed by atoms with E-state index in [1.54, 1.807) is 31.3 Å². The van der Waals surface area contributed by atoms with Crippen LogP contribution in [0.4, 0.5) is 0 Å². The van der Waals surface area contributed by atoms with E-state index in [0.717, 1.165) is 19.3 Å². The van der Waals surface area contributed by atoms with Gasteiger partial charge in [-0.1, -0.05) is 18.2 Å². The number of nitrogens with one attached hydrogen (secondary N) is 1. The first kappa shape index (κ1) is 14.5. The molecule has 0 aliphatic heterocycles. The fourth-order valence-electron chi connectivity index (χ4n) is 2.17. The van der Waals surface area contributed by atoms with Gasteiger partial charge in [0, 0.05) is 19.2 Å². The van der Waals surface area contributed by atoms with E-state index in [2.05, 4.69) is 5.32 Å². The van der Waals surface area contributed by atoms with Crippen molar-refractivity contribution in [1.29, 1.82) is 0 Å². The third-order valence-electron chi connectivity index (χ3n) is 3.65. The predicted octanol–water partition coefficient (Wildman–Crippen LogP) is 0.790. The predicted molar refractivity (Wildman–Crippen MR) is 75.2 cm³/mol. The fraction of sp³-hybridized carbons (Fsp3) is 0.467. The number of likely N-dealkylation sites (N-methyl/N-ethyl adjacent to an activating group) is 1. The topological polar surface area (TPSA) is 69.6 Å². The number of carbonyl (C=O) groups is 2. The number of carbonyl (C=O) groups excluding carboxylic acids is 2. The van der Waals surface area contributed by atoms with Gasteiger partial charge in [0.05, 0.1) is 12.1 Å². The second-order valence-corrected chi connectivity index (χ2v) is 5.38. The van der Waals surface area contributed by atoms with Gasteiger partial charge in [-0.15, -0.1) is 0 Å². The van der Waals surface area contributed by atoms with E-state index in [4.69, 9.17) is 0 Å². The largest absolute Gasteiger partial charge is 0.388 e. The van der Waals surface area contributed by atoms with Gasteiger partial charge in [0.2, 0.25) is 5.91 Å². The molecule has 0 radical (unpaired) electrons. The molecule has 1 aromatic rings. The van der Waals surface area contributed by atoms with E-state index in [9.17, 15) is 14.7 Å². The second-order valence-electron chi connectivity index (χ2n) is 5.38. The lowest BCUT2D eigenvalue weighted by Crippen LogP contribution is -2.49. The zero-order valence-electron chi connectivity index (χ0n) is 11.6. The van der Waals surface area contributed by atoms with Gasteiger partial charge < -0.3 is 15.3 Å². The van der Waals surface area contributed by atoms with Gasteiger partial charge in [-0.05, 0) is 31.4 Å². The van der Waals surface area contributed by atoms with Crippen molar-refractivity contribution < 1.29 is 14.7 Å². The Bertz CT molecular complexity index is 483. The minimum Gasteiger partial charge on any atom is -0.388 e. The fourth-order valence-corrected chi connectivity index (χ4v) is 2.17. The van der Waals surface area contributed by atoms with Crippen molar-refractivity contribution in [2.24, 2.45) is 0 Å². The zero-order chi connectivity index (χ0) is 14.6. The summed E-state index contributed by atoms with van der Waals surface area (Å²) in [5.74, 6) is -0.444. The van der Waals surface area contributed by atoms with Gasteiger partial charge >= 0.3 is 0 Å². The van der Waals surface area contributed by atoms with E-state index >= 15 is 0 Å². The van der Waals surface area contributed by atoms with Crippen LogP contribution >= 0.6 is 0 Å². The molecule has 0 heterocycles. The van der Waals surface area contributed by atoms with Crippen LogP contribution in [0.2, 0.25) is 0 Å². The van der Waals surface area contributed by atoms with Crippen molar-refractivity contribution >= 4 is 11.8 Å². The summed E-state index contributed by atoms with van der Waals surface area (Å²) in [6.07, 6.45) is 2.46. The Morgan fingerprint density at radius 3 is 2.50 bits per heavy atom. The Morgan fingerprint density at radius 1 is 1.30 bits per heavy atom. The van der Waals surface area contributed by atoms with Crippen molar-refractivity contribution in [2.45, 2.75) is 24.9 Å². The molecular formula is C15H20N2O3. The third kappa shape index (κ3) is 3.57. The van der Waals surface area contributed by atoms with Crippen LogP contribution in [-0.2, 0) is 4.79 Å². The molecule has 2 N–H and O–H groups in total. The maximum Gasteiger partial charge on any atom is 0.254 e. The van der Waals surface area contributed by atoms with Crippen LogP contribution in [0.3, 0.4) is 0 Å². The highest BCUT2D eigenvalue weighted by Gasteiger charge is 2.34. The molecule has 5 nitrogen and oxygen atoms in total. The van der Waals surface area contributed by atoms with Crippen LogP contribution in [0.15, 0.2) is 30.3 Å². The number of aliphatic hydroxyl groups is 1. The number of hydrogen-bond acceptors (Lipinski definition) is 3.